The lowest BCUT2D eigenvalue weighted by Crippen LogP contribution is -2.12. The molecule has 1 heterocycles. The van der Waals surface area contributed by atoms with Crippen LogP contribution in [0.3, 0.4) is 0 Å². The van der Waals surface area contributed by atoms with Crippen molar-refractivity contribution in [3.63, 3.8) is 0 Å². The summed E-state index contributed by atoms with van der Waals surface area (Å²) >= 11 is 1.66. The first-order valence-electron chi connectivity index (χ1n) is 4.01. The number of methoxy groups -OCH3 is 1. The average Bonchev–Trinajstić information content (AvgIpc) is 2.53. The zero-order valence-electron chi connectivity index (χ0n) is 7.19. The smallest absolute Gasteiger partial charge is 0.0602 e. The van der Waals surface area contributed by atoms with Crippen LogP contribution in [0.1, 0.15) is 12.0 Å². The Morgan fingerprint density at radius 1 is 1.67 bits per heavy atom. The highest BCUT2D eigenvalue weighted by Crippen LogP contribution is 2.09. The lowest BCUT2D eigenvalue weighted by Gasteiger charge is -2.07. The summed E-state index contributed by atoms with van der Waals surface area (Å²) in [5.41, 5.74) is 1.21. The quantitative estimate of drug-likeness (QED) is 0.758. The molecule has 2 nitrogen and oxygen atoms in total. The van der Waals surface area contributed by atoms with Gasteiger partial charge in [-0.3, -0.25) is 0 Å². The Hall–Kier alpha value is -0.380. The molecule has 0 radical (unpaired) electrons. The van der Waals surface area contributed by atoms with Gasteiger partial charge in [-0.15, -0.1) is 0 Å². The van der Waals surface area contributed by atoms with Crippen LogP contribution in [0, 0.1) is 0 Å². The van der Waals surface area contributed by atoms with Crippen molar-refractivity contribution in [2.75, 3.05) is 13.7 Å². The van der Waals surface area contributed by atoms with Gasteiger partial charge in [-0.2, -0.15) is 11.3 Å². The van der Waals surface area contributed by atoms with E-state index in [0.29, 0.717) is 13.0 Å². The first-order chi connectivity index (χ1) is 5.83. The molecule has 68 valence electrons. The summed E-state index contributed by atoms with van der Waals surface area (Å²) in [4.78, 5) is 0. The van der Waals surface area contributed by atoms with Gasteiger partial charge in [0.2, 0.25) is 0 Å². The van der Waals surface area contributed by atoms with Crippen LogP contribution in [0.5, 0.6) is 0 Å². The number of thiophene rings is 1. The second-order valence-electron chi connectivity index (χ2n) is 2.77. The molecule has 3 heteroatoms. The minimum absolute atomic E-state index is 0.264. The van der Waals surface area contributed by atoms with E-state index >= 15 is 0 Å². The number of aliphatic hydroxyl groups excluding tert-OH is 1. The summed E-state index contributed by atoms with van der Waals surface area (Å²) in [6, 6.07) is 2.04. The van der Waals surface area contributed by atoms with Gasteiger partial charge in [0.1, 0.15) is 0 Å². The molecule has 1 unspecified atom stereocenters. The van der Waals surface area contributed by atoms with E-state index in [1.807, 2.05) is 11.4 Å². The summed E-state index contributed by atoms with van der Waals surface area (Å²) in [6.07, 6.45) is 1.19. The Kier molecular flexibility index (Phi) is 4.29. The molecular formula is C9H14O2S. The van der Waals surface area contributed by atoms with Gasteiger partial charge in [0.15, 0.2) is 0 Å². The molecular weight excluding hydrogens is 172 g/mol. The molecule has 0 amide bonds. The number of aliphatic hydroxyl groups is 1. The van der Waals surface area contributed by atoms with E-state index in [4.69, 9.17) is 4.74 Å². The summed E-state index contributed by atoms with van der Waals surface area (Å²) in [5.74, 6) is 0. The fourth-order valence-electron chi connectivity index (χ4n) is 1.04. The van der Waals surface area contributed by atoms with Gasteiger partial charge in [0, 0.05) is 13.7 Å². The van der Waals surface area contributed by atoms with Crippen molar-refractivity contribution in [1.29, 1.82) is 0 Å². The van der Waals surface area contributed by atoms with E-state index in [1.165, 1.54) is 5.56 Å². The van der Waals surface area contributed by atoms with Crippen LogP contribution in [0.25, 0.3) is 0 Å². The Bertz CT molecular complexity index is 196. The number of rotatable bonds is 5. The number of hydrogen-bond donors (Lipinski definition) is 1. The second-order valence-corrected chi connectivity index (χ2v) is 3.55. The van der Waals surface area contributed by atoms with Gasteiger partial charge in [0.05, 0.1) is 6.10 Å². The fraction of sp³-hybridized carbons (Fsp3) is 0.556. The SMILES string of the molecule is COCCC(O)Cc1ccsc1. The van der Waals surface area contributed by atoms with E-state index in [-0.39, 0.29) is 6.10 Å². The predicted molar refractivity (Wildman–Crippen MR) is 50.5 cm³/mol. The third-order valence-electron chi connectivity index (χ3n) is 1.71. The lowest BCUT2D eigenvalue weighted by atomic mass is 10.1. The first-order valence-corrected chi connectivity index (χ1v) is 4.95. The van der Waals surface area contributed by atoms with Crippen molar-refractivity contribution in [3.8, 4) is 0 Å². The fourth-order valence-corrected chi connectivity index (χ4v) is 1.72. The highest BCUT2D eigenvalue weighted by atomic mass is 32.1. The molecule has 0 aliphatic heterocycles. The first kappa shape index (κ1) is 9.71. The molecule has 1 rings (SSSR count). The molecule has 0 bridgehead atoms. The van der Waals surface area contributed by atoms with Gasteiger partial charge in [-0.25, -0.2) is 0 Å². The molecule has 12 heavy (non-hydrogen) atoms. The minimum Gasteiger partial charge on any atom is -0.393 e. The standard InChI is InChI=1S/C9H14O2S/c1-11-4-2-9(10)6-8-3-5-12-7-8/h3,5,7,9-10H,2,4,6H2,1H3. The van der Waals surface area contributed by atoms with Crippen molar-refractivity contribution in [3.05, 3.63) is 22.4 Å². The van der Waals surface area contributed by atoms with E-state index in [2.05, 4.69) is 5.38 Å². The summed E-state index contributed by atoms with van der Waals surface area (Å²) in [7, 11) is 1.65. The third-order valence-corrected chi connectivity index (χ3v) is 2.44. The van der Waals surface area contributed by atoms with E-state index in [0.717, 1.165) is 6.42 Å². The molecule has 0 fully saturated rings. The van der Waals surface area contributed by atoms with Gasteiger partial charge in [-0.1, -0.05) is 0 Å². The van der Waals surface area contributed by atoms with E-state index in [9.17, 15) is 5.11 Å². The zero-order chi connectivity index (χ0) is 8.81. The molecule has 0 saturated carbocycles. The van der Waals surface area contributed by atoms with Gasteiger partial charge < -0.3 is 9.84 Å². The number of hydrogen-bond acceptors (Lipinski definition) is 3. The van der Waals surface area contributed by atoms with Gasteiger partial charge >= 0.3 is 0 Å². The summed E-state index contributed by atoms with van der Waals surface area (Å²) < 4.78 is 4.87. The van der Waals surface area contributed by atoms with E-state index < -0.39 is 0 Å². The van der Waals surface area contributed by atoms with Crippen LogP contribution < -0.4 is 0 Å². The van der Waals surface area contributed by atoms with E-state index in [1.54, 1.807) is 18.4 Å². The van der Waals surface area contributed by atoms with Gasteiger partial charge in [-0.05, 0) is 35.2 Å². The molecule has 0 aliphatic rings. The third kappa shape index (κ3) is 3.34. The normalized spacial score (nSPS) is 13.2. The highest BCUT2D eigenvalue weighted by molar-refractivity contribution is 7.07. The van der Waals surface area contributed by atoms with Crippen LogP contribution in [0.15, 0.2) is 16.8 Å². The van der Waals surface area contributed by atoms with Crippen molar-refractivity contribution in [2.45, 2.75) is 18.9 Å². The van der Waals surface area contributed by atoms with Crippen molar-refractivity contribution in [1.82, 2.24) is 0 Å². The Labute approximate surface area is 76.8 Å². The van der Waals surface area contributed by atoms with Crippen molar-refractivity contribution in [2.24, 2.45) is 0 Å². The maximum absolute atomic E-state index is 9.48. The lowest BCUT2D eigenvalue weighted by molar-refractivity contribution is 0.110. The summed E-state index contributed by atoms with van der Waals surface area (Å²) in [5, 5.41) is 13.6. The minimum atomic E-state index is -0.264. The van der Waals surface area contributed by atoms with Crippen LogP contribution in [0.4, 0.5) is 0 Å². The van der Waals surface area contributed by atoms with Gasteiger partial charge in [0.25, 0.3) is 0 Å². The molecule has 0 aromatic carbocycles. The maximum Gasteiger partial charge on any atom is 0.0602 e. The zero-order valence-corrected chi connectivity index (χ0v) is 8.01. The molecule has 1 N–H and O–H groups in total. The molecule has 0 aliphatic carbocycles. The Balaban J connectivity index is 2.22. The average molecular weight is 186 g/mol. The van der Waals surface area contributed by atoms with Crippen LogP contribution in [-0.2, 0) is 11.2 Å². The van der Waals surface area contributed by atoms with Crippen molar-refractivity contribution < 1.29 is 9.84 Å². The topological polar surface area (TPSA) is 29.5 Å². The molecule has 1 atom stereocenters. The predicted octanol–water partition coefficient (Wildman–Crippen LogP) is 1.69. The Morgan fingerprint density at radius 3 is 3.08 bits per heavy atom. The Morgan fingerprint density at radius 2 is 2.50 bits per heavy atom. The largest absolute Gasteiger partial charge is 0.393 e. The molecule has 0 saturated heterocycles. The highest BCUT2D eigenvalue weighted by Gasteiger charge is 2.04. The molecule has 1 aromatic heterocycles. The van der Waals surface area contributed by atoms with Crippen LogP contribution in [-0.4, -0.2) is 24.9 Å². The molecule has 1 aromatic rings. The maximum atomic E-state index is 9.48. The number of ether oxygens (including phenoxy) is 1. The van der Waals surface area contributed by atoms with Crippen LogP contribution >= 0.6 is 11.3 Å². The molecule has 0 spiro atoms. The second kappa shape index (κ2) is 5.30. The van der Waals surface area contributed by atoms with Crippen LogP contribution in [0.2, 0.25) is 0 Å². The van der Waals surface area contributed by atoms with Crippen molar-refractivity contribution >= 4 is 11.3 Å². The monoisotopic (exact) mass is 186 g/mol. The summed E-state index contributed by atoms with van der Waals surface area (Å²) in [6.45, 7) is 0.630.